The first kappa shape index (κ1) is 20.8. The summed E-state index contributed by atoms with van der Waals surface area (Å²) in [6.07, 6.45) is 6.13. The number of piperazine rings is 1. The first-order chi connectivity index (χ1) is 14.9. The molecule has 2 aliphatic rings. The van der Waals surface area contributed by atoms with Crippen LogP contribution in [0.3, 0.4) is 0 Å². The summed E-state index contributed by atoms with van der Waals surface area (Å²) < 4.78 is 5.22. The van der Waals surface area contributed by atoms with Gasteiger partial charge in [0.25, 0.3) is 17.7 Å². The van der Waals surface area contributed by atoms with Crippen LogP contribution in [0.5, 0.6) is 5.75 Å². The molecule has 1 atom stereocenters. The van der Waals surface area contributed by atoms with Gasteiger partial charge in [-0.1, -0.05) is 18.9 Å². The number of amides is 3. The van der Waals surface area contributed by atoms with Gasteiger partial charge in [-0.05, 0) is 55.7 Å². The minimum atomic E-state index is -1.73. The normalized spacial score (nSPS) is 22.3. The molecule has 1 aliphatic carbocycles. The highest BCUT2D eigenvalue weighted by molar-refractivity contribution is 6.23. The molecule has 0 bridgehead atoms. The average molecular weight is 422 g/mol. The molecule has 2 aromatic rings. The summed E-state index contributed by atoms with van der Waals surface area (Å²) in [5.74, 6) is -0.663. The van der Waals surface area contributed by atoms with Crippen LogP contribution in [0.2, 0.25) is 0 Å². The number of benzene rings is 1. The van der Waals surface area contributed by atoms with Crippen molar-refractivity contribution < 1.29 is 19.1 Å². The molecule has 8 nitrogen and oxygen atoms in total. The van der Waals surface area contributed by atoms with E-state index in [1.165, 1.54) is 11.8 Å². The van der Waals surface area contributed by atoms with Gasteiger partial charge in [-0.3, -0.25) is 24.3 Å². The van der Waals surface area contributed by atoms with Crippen molar-refractivity contribution >= 4 is 23.4 Å². The van der Waals surface area contributed by atoms with Gasteiger partial charge in [0.1, 0.15) is 11.3 Å². The Labute approximate surface area is 181 Å². The lowest BCUT2D eigenvalue weighted by Crippen LogP contribution is -2.78. The van der Waals surface area contributed by atoms with Crippen LogP contribution < -0.4 is 20.3 Å². The van der Waals surface area contributed by atoms with E-state index in [-0.39, 0.29) is 12.5 Å². The predicted octanol–water partition coefficient (Wildman–Crippen LogP) is 1.94. The van der Waals surface area contributed by atoms with E-state index in [1.807, 2.05) is 6.07 Å². The Bertz CT molecular complexity index is 986. The van der Waals surface area contributed by atoms with Gasteiger partial charge < -0.3 is 15.4 Å². The van der Waals surface area contributed by atoms with E-state index in [9.17, 15) is 14.4 Å². The second-order valence-electron chi connectivity index (χ2n) is 8.20. The molecule has 3 amide bonds. The number of carbonyl (C=O) groups excluding carboxylic acids is 3. The van der Waals surface area contributed by atoms with E-state index in [0.717, 1.165) is 18.4 Å². The van der Waals surface area contributed by atoms with Crippen LogP contribution in [0.1, 0.15) is 38.2 Å². The van der Waals surface area contributed by atoms with E-state index >= 15 is 0 Å². The number of rotatable bonds is 5. The maximum atomic E-state index is 13.7. The molecule has 0 radical (unpaired) electrons. The topological polar surface area (TPSA) is 101 Å². The van der Waals surface area contributed by atoms with E-state index in [2.05, 4.69) is 15.6 Å². The Morgan fingerprint density at radius 1 is 1.19 bits per heavy atom. The first-order valence-electron chi connectivity index (χ1n) is 10.4. The quantitative estimate of drug-likeness (QED) is 0.718. The van der Waals surface area contributed by atoms with Crippen molar-refractivity contribution in [3.8, 4) is 5.75 Å². The number of pyridine rings is 1. The molecule has 2 fully saturated rings. The van der Waals surface area contributed by atoms with Crippen molar-refractivity contribution in [1.82, 2.24) is 15.6 Å². The van der Waals surface area contributed by atoms with E-state index in [4.69, 9.17) is 4.74 Å². The number of methoxy groups -OCH3 is 1. The maximum absolute atomic E-state index is 13.7. The number of ether oxygens (including phenoxy) is 1. The van der Waals surface area contributed by atoms with Crippen LogP contribution in [0, 0.1) is 0 Å². The second-order valence-corrected chi connectivity index (χ2v) is 8.20. The first-order valence-corrected chi connectivity index (χ1v) is 10.4. The van der Waals surface area contributed by atoms with E-state index in [1.54, 1.807) is 49.8 Å². The third kappa shape index (κ3) is 3.52. The van der Waals surface area contributed by atoms with Gasteiger partial charge in [-0.2, -0.15) is 0 Å². The molecule has 31 heavy (non-hydrogen) atoms. The zero-order chi connectivity index (χ0) is 22.1. The van der Waals surface area contributed by atoms with Crippen molar-refractivity contribution in [2.45, 2.75) is 50.2 Å². The fourth-order valence-electron chi connectivity index (χ4n) is 4.40. The molecule has 1 saturated carbocycles. The second kappa shape index (κ2) is 8.02. The lowest BCUT2D eigenvalue weighted by molar-refractivity contribution is -0.147. The fraction of sp³-hybridized carbons (Fsp3) is 0.391. The standard InChI is InChI=1S/C23H26N4O4/c1-22(19(28)25-15-16-6-5-13-24-14-16)20(29)26-23(11-3-4-12-23)21(30)27(22)17-7-9-18(31-2)10-8-17/h5-10,13-14H,3-4,11-12,15H2,1-2H3,(H,25,28)(H,26,29). The summed E-state index contributed by atoms with van der Waals surface area (Å²) >= 11 is 0. The highest BCUT2D eigenvalue weighted by atomic mass is 16.5. The van der Waals surface area contributed by atoms with Crippen molar-refractivity contribution in [2.24, 2.45) is 0 Å². The van der Waals surface area contributed by atoms with Crippen molar-refractivity contribution in [2.75, 3.05) is 12.0 Å². The van der Waals surface area contributed by atoms with Gasteiger partial charge in [-0.15, -0.1) is 0 Å². The van der Waals surface area contributed by atoms with Crippen LogP contribution in [-0.2, 0) is 20.9 Å². The Hall–Kier alpha value is -3.42. The summed E-state index contributed by atoms with van der Waals surface area (Å²) in [6, 6.07) is 10.4. The zero-order valence-corrected chi connectivity index (χ0v) is 17.7. The number of hydrogen-bond acceptors (Lipinski definition) is 5. The molecule has 2 N–H and O–H groups in total. The van der Waals surface area contributed by atoms with Crippen LogP contribution in [0.4, 0.5) is 5.69 Å². The third-order valence-electron chi connectivity index (χ3n) is 6.26. The Morgan fingerprint density at radius 3 is 2.52 bits per heavy atom. The summed E-state index contributed by atoms with van der Waals surface area (Å²) in [4.78, 5) is 45.9. The molecule has 4 rings (SSSR count). The molecule has 1 aromatic carbocycles. The van der Waals surface area contributed by atoms with Gasteiger partial charge in [0.15, 0.2) is 0 Å². The van der Waals surface area contributed by atoms with E-state index in [0.29, 0.717) is 24.3 Å². The Morgan fingerprint density at radius 2 is 1.90 bits per heavy atom. The highest BCUT2D eigenvalue weighted by Crippen LogP contribution is 2.40. The van der Waals surface area contributed by atoms with Crippen LogP contribution in [-0.4, -0.2) is 40.9 Å². The lowest BCUT2D eigenvalue weighted by atomic mass is 9.83. The molecule has 1 spiro atoms. The zero-order valence-electron chi connectivity index (χ0n) is 17.7. The lowest BCUT2D eigenvalue weighted by Gasteiger charge is -2.49. The fourth-order valence-corrected chi connectivity index (χ4v) is 4.40. The number of nitrogens with one attached hydrogen (secondary N) is 2. The molecule has 2 heterocycles. The minimum Gasteiger partial charge on any atom is -0.497 e. The van der Waals surface area contributed by atoms with Gasteiger partial charge in [0.05, 0.1) is 7.11 Å². The largest absolute Gasteiger partial charge is 0.497 e. The summed E-state index contributed by atoms with van der Waals surface area (Å²) in [5, 5.41) is 5.71. The van der Waals surface area contributed by atoms with E-state index < -0.39 is 22.9 Å². The minimum absolute atomic E-state index is 0.200. The third-order valence-corrected chi connectivity index (χ3v) is 6.26. The molecule has 162 valence electrons. The average Bonchev–Trinajstić information content (AvgIpc) is 3.27. The number of aromatic nitrogens is 1. The molecular formula is C23H26N4O4. The summed E-state index contributed by atoms with van der Waals surface area (Å²) in [7, 11) is 1.55. The van der Waals surface area contributed by atoms with Gasteiger partial charge >= 0.3 is 0 Å². The number of carbonyl (C=O) groups is 3. The molecule has 1 unspecified atom stereocenters. The van der Waals surface area contributed by atoms with Crippen LogP contribution in [0.15, 0.2) is 48.8 Å². The summed E-state index contributed by atoms with van der Waals surface area (Å²) in [6.45, 7) is 1.69. The Kier molecular flexibility index (Phi) is 5.39. The molecule has 1 aliphatic heterocycles. The number of hydrogen-bond donors (Lipinski definition) is 2. The van der Waals surface area contributed by atoms with Gasteiger partial charge in [0, 0.05) is 24.6 Å². The van der Waals surface area contributed by atoms with Crippen LogP contribution >= 0.6 is 0 Å². The number of anilines is 1. The molecule has 1 aromatic heterocycles. The predicted molar refractivity (Wildman–Crippen MR) is 114 cm³/mol. The molecular weight excluding hydrogens is 396 g/mol. The SMILES string of the molecule is COc1ccc(N2C(=O)C3(CCCC3)NC(=O)C2(C)C(=O)NCc2cccnc2)cc1. The number of nitrogens with zero attached hydrogens (tertiary/aromatic N) is 2. The van der Waals surface area contributed by atoms with Crippen molar-refractivity contribution in [3.05, 3.63) is 54.4 Å². The monoisotopic (exact) mass is 422 g/mol. The molecule has 8 heteroatoms. The maximum Gasteiger partial charge on any atom is 0.256 e. The van der Waals surface area contributed by atoms with Crippen LogP contribution in [0.25, 0.3) is 0 Å². The Balaban J connectivity index is 1.70. The summed E-state index contributed by atoms with van der Waals surface area (Å²) in [5.41, 5.74) is -1.42. The smallest absolute Gasteiger partial charge is 0.256 e. The molecule has 1 saturated heterocycles. The van der Waals surface area contributed by atoms with Crippen molar-refractivity contribution in [3.63, 3.8) is 0 Å². The van der Waals surface area contributed by atoms with Gasteiger partial charge in [0.2, 0.25) is 5.54 Å². The highest BCUT2D eigenvalue weighted by Gasteiger charge is 2.61. The van der Waals surface area contributed by atoms with Gasteiger partial charge in [-0.25, -0.2) is 0 Å². The van der Waals surface area contributed by atoms with Crippen molar-refractivity contribution in [1.29, 1.82) is 0 Å².